The van der Waals surface area contributed by atoms with Crippen LogP contribution in [-0.4, -0.2) is 74.1 Å². The van der Waals surface area contributed by atoms with Crippen LogP contribution in [0.25, 0.3) is 0 Å². The predicted molar refractivity (Wildman–Crippen MR) is 90.6 cm³/mol. The van der Waals surface area contributed by atoms with E-state index in [-0.39, 0.29) is 17.8 Å². The normalized spacial score (nSPS) is 19.7. The number of benzene rings is 1. The maximum Gasteiger partial charge on any atom is 0.573 e. The molecule has 2 saturated heterocycles. The molecule has 9 heteroatoms. The number of amides is 1. The summed E-state index contributed by atoms with van der Waals surface area (Å²) in [4.78, 5) is 16.2. The van der Waals surface area contributed by atoms with E-state index in [9.17, 15) is 18.0 Å². The van der Waals surface area contributed by atoms with Crippen LogP contribution in [-0.2, 0) is 9.53 Å². The highest BCUT2D eigenvalue weighted by Gasteiger charge is 2.31. The van der Waals surface area contributed by atoms with E-state index in [1.165, 1.54) is 24.3 Å². The van der Waals surface area contributed by atoms with Crippen LogP contribution in [0.1, 0.15) is 12.8 Å². The largest absolute Gasteiger partial charge is 0.573 e. The van der Waals surface area contributed by atoms with Gasteiger partial charge in [-0.2, -0.15) is 0 Å². The van der Waals surface area contributed by atoms with Gasteiger partial charge in [-0.3, -0.25) is 9.69 Å². The average molecular weight is 388 g/mol. The van der Waals surface area contributed by atoms with Crippen molar-refractivity contribution in [2.24, 2.45) is 0 Å². The molecular weight excluding hydrogens is 365 g/mol. The lowest BCUT2D eigenvalue weighted by atomic mass is 10.1. The number of carbonyl (C=O) groups is 1. The average Bonchev–Trinajstić information content (AvgIpc) is 2.64. The number of alkyl halides is 3. The van der Waals surface area contributed by atoms with Crippen LogP contribution < -0.4 is 9.47 Å². The van der Waals surface area contributed by atoms with E-state index in [0.717, 1.165) is 25.9 Å². The van der Waals surface area contributed by atoms with Crippen molar-refractivity contribution in [3.05, 3.63) is 24.3 Å². The van der Waals surface area contributed by atoms with Crippen LogP contribution in [0, 0.1) is 0 Å². The second-order valence-corrected chi connectivity index (χ2v) is 6.61. The molecule has 1 amide bonds. The molecule has 27 heavy (non-hydrogen) atoms. The van der Waals surface area contributed by atoms with Crippen LogP contribution in [0.2, 0.25) is 0 Å². The van der Waals surface area contributed by atoms with Gasteiger partial charge in [-0.25, -0.2) is 0 Å². The third-order valence-electron chi connectivity index (χ3n) is 4.62. The van der Waals surface area contributed by atoms with Gasteiger partial charge in [-0.15, -0.1) is 13.2 Å². The van der Waals surface area contributed by atoms with Crippen molar-refractivity contribution >= 4 is 5.91 Å². The second-order valence-electron chi connectivity index (χ2n) is 6.61. The molecule has 0 aliphatic carbocycles. The molecule has 150 valence electrons. The van der Waals surface area contributed by atoms with E-state index in [0.29, 0.717) is 38.6 Å². The monoisotopic (exact) mass is 388 g/mol. The number of nitrogens with zero attached hydrogens (tertiary/aromatic N) is 2. The molecule has 2 aliphatic rings. The first-order valence-corrected chi connectivity index (χ1v) is 8.99. The molecule has 3 rings (SSSR count). The van der Waals surface area contributed by atoms with Crippen molar-refractivity contribution in [3.63, 3.8) is 0 Å². The Morgan fingerprint density at radius 2 is 1.63 bits per heavy atom. The van der Waals surface area contributed by atoms with E-state index >= 15 is 0 Å². The summed E-state index contributed by atoms with van der Waals surface area (Å²) in [5, 5.41) is 0. The SMILES string of the molecule is O=C(CN1CCC(Oc2ccc(OC(F)(F)F)cc2)CC1)N1CCOCC1. The molecule has 0 bridgehead atoms. The summed E-state index contributed by atoms with van der Waals surface area (Å²) in [6.45, 7) is 4.37. The molecule has 1 aromatic rings. The molecule has 0 saturated carbocycles. The van der Waals surface area contributed by atoms with Crippen molar-refractivity contribution in [1.29, 1.82) is 0 Å². The van der Waals surface area contributed by atoms with E-state index in [4.69, 9.17) is 9.47 Å². The standard InChI is InChI=1S/C18H23F3N2O4/c19-18(20,21)27-16-3-1-14(2-4-16)26-15-5-7-22(8-6-15)13-17(24)23-9-11-25-12-10-23/h1-4,15H,5-13H2. The van der Waals surface area contributed by atoms with Gasteiger partial charge >= 0.3 is 6.36 Å². The van der Waals surface area contributed by atoms with Crippen LogP contribution in [0.3, 0.4) is 0 Å². The Labute approximate surface area is 155 Å². The maximum atomic E-state index is 12.3. The summed E-state index contributed by atoms with van der Waals surface area (Å²) in [6.07, 6.45) is -3.20. The molecule has 0 atom stereocenters. The first kappa shape index (κ1) is 19.8. The Morgan fingerprint density at radius 3 is 2.22 bits per heavy atom. The van der Waals surface area contributed by atoms with E-state index < -0.39 is 6.36 Å². The number of morpholine rings is 1. The zero-order valence-electron chi connectivity index (χ0n) is 14.9. The van der Waals surface area contributed by atoms with Gasteiger partial charge < -0.3 is 19.1 Å². The zero-order valence-corrected chi connectivity index (χ0v) is 14.9. The van der Waals surface area contributed by atoms with Gasteiger partial charge in [-0.1, -0.05) is 0 Å². The molecule has 6 nitrogen and oxygen atoms in total. The number of likely N-dealkylation sites (tertiary alicyclic amines) is 1. The first-order chi connectivity index (χ1) is 12.9. The van der Waals surface area contributed by atoms with Crippen molar-refractivity contribution in [2.45, 2.75) is 25.3 Å². The Bertz CT molecular complexity index is 610. The summed E-state index contributed by atoms with van der Waals surface area (Å²) >= 11 is 0. The highest BCUT2D eigenvalue weighted by atomic mass is 19.4. The smallest absolute Gasteiger partial charge is 0.490 e. The molecular formula is C18H23F3N2O4. The molecule has 0 radical (unpaired) electrons. The van der Waals surface area contributed by atoms with Crippen LogP contribution in [0.4, 0.5) is 13.2 Å². The van der Waals surface area contributed by atoms with Crippen molar-refractivity contribution in [2.75, 3.05) is 45.9 Å². The fourth-order valence-electron chi connectivity index (χ4n) is 3.20. The molecule has 0 aromatic heterocycles. The molecule has 2 fully saturated rings. The van der Waals surface area contributed by atoms with Crippen molar-refractivity contribution in [1.82, 2.24) is 9.80 Å². The van der Waals surface area contributed by atoms with Crippen LogP contribution in [0.5, 0.6) is 11.5 Å². The number of hydrogen-bond donors (Lipinski definition) is 0. The lowest BCUT2D eigenvalue weighted by Gasteiger charge is -2.34. The van der Waals surface area contributed by atoms with E-state index in [2.05, 4.69) is 9.64 Å². The third-order valence-corrected chi connectivity index (χ3v) is 4.62. The minimum Gasteiger partial charge on any atom is -0.490 e. The van der Waals surface area contributed by atoms with Gasteiger partial charge in [0.05, 0.1) is 19.8 Å². The second kappa shape index (κ2) is 8.79. The molecule has 2 heterocycles. The predicted octanol–water partition coefficient (Wildman–Crippen LogP) is 2.29. The lowest BCUT2D eigenvalue weighted by Crippen LogP contribution is -2.48. The molecule has 0 unspecified atom stereocenters. The zero-order chi connectivity index (χ0) is 19.3. The molecule has 0 spiro atoms. The maximum absolute atomic E-state index is 12.3. The Hall–Kier alpha value is -2.00. The Kier molecular flexibility index (Phi) is 6.43. The quantitative estimate of drug-likeness (QED) is 0.775. The number of rotatable bonds is 5. The fraction of sp³-hybridized carbons (Fsp3) is 0.611. The minimum atomic E-state index is -4.70. The van der Waals surface area contributed by atoms with Gasteiger partial charge in [0.1, 0.15) is 17.6 Å². The molecule has 2 aliphatic heterocycles. The fourth-order valence-corrected chi connectivity index (χ4v) is 3.20. The van der Waals surface area contributed by atoms with Crippen molar-refractivity contribution < 1.29 is 32.2 Å². The highest BCUT2D eigenvalue weighted by molar-refractivity contribution is 5.78. The third kappa shape index (κ3) is 6.28. The van der Waals surface area contributed by atoms with Crippen LogP contribution >= 0.6 is 0 Å². The van der Waals surface area contributed by atoms with Gasteiger partial charge in [0.2, 0.25) is 5.91 Å². The minimum absolute atomic E-state index is 0.0193. The van der Waals surface area contributed by atoms with Crippen LogP contribution in [0.15, 0.2) is 24.3 Å². The molecule has 1 aromatic carbocycles. The van der Waals surface area contributed by atoms with Gasteiger partial charge in [0.15, 0.2) is 0 Å². The van der Waals surface area contributed by atoms with E-state index in [1.807, 2.05) is 4.90 Å². The highest BCUT2D eigenvalue weighted by Crippen LogP contribution is 2.26. The number of carbonyl (C=O) groups excluding carboxylic acids is 1. The summed E-state index contributed by atoms with van der Waals surface area (Å²) in [5.41, 5.74) is 0. The number of ether oxygens (including phenoxy) is 3. The lowest BCUT2D eigenvalue weighted by molar-refractivity contribution is -0.274. The van der Waals surface area contributed by atoms with Gasteiger partial charge in [0, 0.05) is 26.2 Å². The number of hydrogen-bond acceptors (Lipinski definition) is 5. The van der Waals surface area contributed by atoms with Crippen molar-refractivity contribution in [3.8, 4) is 11.5 Å². The van der Waals surface area contributed by atoms with Gasteiger partial charge in [0.25, 0.3) is 0 Å². The number of halogens is 3. The summed E-state index contributed by atoms with van der Waals surface area (Å²) in [6, 6.07) is 5.41. The Balaban J connectivity index is 1.40. The Morgan fingerprint density at radius 1 is 1.04 bits per heavy atom. The summed E-state index contributed by atoms with van der Waals surface area (Å²) < 4.78 is 51.4. The summed E-state index contributed by atoms with van der Waals surface area (Å²) in [7, 11) is 0. The molecule has 0 N–H and O–H groups in total. The van der Waals surface area contributed by atoms with E-state index in [1.54, 1.807) is 0 Å². The number of piperidine rings is 1. The summed E-state index contributed by atoms with van der Waals surface area (Å²) in [5.74, 6) is 0.358. The topological polar surface area (TPSA) is 51.2 Å². The van der Waals surface area contributed by atoms with Gasteiger partial charge in [-0.05, 0) is 37.1 Å². The first-order valence-electron chi connectivity index (χ1n) is 8.99.